The van der Waals surface area contributed by atoms with E-state index < -0.39 is 39.3 Å². The molecule has 15 heavy (non-hydrogen) atoms. The molecule has 0 aliphatic carbocycles. The molecule has 0 amide bonds. The van der Waals surface area contributed by atoms with E-state index in [9.17, 15) is 0 Å². The summed E-state index contributed by atoms with van der Waals surface area (Å²) in [6.45, 7) is 0. The summed E-state index contributed by atoms with van der Waals surface area (Å²) in [5.41, 5.74) is 0. The number of hydrogen-bond donors (Lipinski definition) is 2. The Morgan fingerprint density at radius 2 is 0.867 bits per heavy atom. The van der Waals surface area contributed by atoms with E-state index in [1.165, 1.54) is 0 Å². The monoisotopic (exact) mass is 550 g/mol. The second-order valence-corrected chi connectivity index (χ2v) is 49.2. The Morgan fingerprint density at radius 3 is 0.867 bits per heavy atom. The van der Waals surface area contributed by atoms with Crippen LogP contribution in [0.15, 0.2) is 0 Å². The number of hydrogen-bond acceptors (Lipinski definition) is 4. The molecular weight excluding hydrogens is 549 g/mol. The van der Waals surface area contributed by atoms with Crippen LogP contribution in [0.2, 0.25) is 0 Å². The maximum absolute atomic E-state index is 8.56. The van der Waals surface area contributed by atoms with Crippen molar-refractivity contribution in [3.8, 4) is 0 Å². The molecule has 0 aliphatic heterocycles. The Bertz CT molecular complexity index is 138. The summed E-state index contributed by atoms with van der Waals surface area (Å²) in [5, 5.41) is 0. The molecule has 6 nitrogen and oxygen atoms in total. The van der Waals surface area contributed by atoms with Crippen molar-refractivity contribution < 1.29 is 102 Å². The first kappa shape index (κ1) is 31.6. The standard InChI is InChI=1S/4ClH.Hg.2Na.2H2O3S/c;;;;;;;2*1-4(2)3/h4*1H;;;;2*(H2,1,2,3)/q;;;;+4;2*+1;;/p-6. The van der Waals surface area contributed by atoms with Gasteiger partial charge in [-0.25, -0.2) is 8.42 Å². The van der Waals surface area contributed by atoms with Crippen LogP contribution >= 0.6 is 33.0 Å². The van der Waals surface area contributed by atoms with Crippen molar-refractivity contribution >= 4 is 55.7 Å². The van der Waals surface area contributed by atoms with Gasteiger partial charge in [-0.15, -0.1) is 0 Å². The molecule has 2 atom stereocenters. The Kier molecular flexibility index (Phi) is 43.2. The van der Waals surface area contributed by atoms with Crippen molar-refractivity contribution in [1.82, 2.24) is 0 Å². The van der Waals surface area contributed by atoms with Gasteiger partial charge in [0.25, 0.3) is 0 Å². The Labute approximate surface area is 154 Å². The van der Waals surface area contributed by atoms with E-state index in [1.807, 2.05) is 0 Å². The van der Waals surface area contributed by atoms with Gasteiger partial charge in [0.15, 0.2) is 0 Å². The first-order valence-electron chi connectivity index (χ1n) is 2.10. The molecular formula is H2Cl4HgNa2O6S2. The van der Waals surface area contributed by atoms with Crippen molar-refractivity contribution in [2.24, 2.45) is 0 Å². The van der Waals surface area contributed by atoms with Crippen LogP contribution in [0.4, 0.5) is 0 Å². The normalized spacial score (nSPS) is 11.2. The largest absolute Gasteiger partial charge is 1.00 e. The molecule has 2 unspecified atom stereocenters. The van der Waals surface area contributed by atoms with Crippen LogP contribution < -0.4 is 59.1 Å². The predicted molar refractivity (Wildman–Crippen MR) is 46.5 cm³/mol. The smallest absolute Gasteiger partial charge is 1.00 e. The zero-order valence-electron chi connectivity index (χ0n) is 7.56. The maximum atomic E-state index is 8.56. The summed E-state index contributed by atoms with van der Waals surface area (Å²) >= 11 is -9.22. The SMILES string of the molecule is O=S([O-])O.O=S([O-])O.[Cl][Hg]([Cl])([Cl])[Cl].[Na+].[Na+]. The zero-order chi connectivity index (χ0) is 11.7. The summed E-state index contributed by atoms with van der Waals surface area (Å²) in [4.78, 5) is 0. The van der Waals surface area contributed by atoms with Crippen LogP contribution in [-0.4, -0.2) is 26.6 Å². The molecule has 0 saturated heterocycles. The molecule has 82 valence electrons. The molecule has 0 aromatic heterocycles. The predicted octanol–water partition coefficient (Wildman–Crippen LogP) is -4.56. The van der Waals surface area contributed by atoms with Gasteiger partial charge in [0, 0.05) is 0 Å². The van der Waals surface area contributed by atoms with Crippen molar-refractivity contribution in [3.05, 3.63) is 0 Å². The van der Waals surface area contributed by atoms with Crippen LogP contribution in [0.1, 0.15) is 0 Å². The third-order valence-corrected chi connectivity index (χ3v) is 0. The molecule has 0 rings (SSSR count). The molecule has 2 N–H and O–H groups in total. The number of rotatable bonds is 0. The van der Waals surface area contributed by atoms with Gasteiger partial charge < -0.3 is 18.2 Å². The van der Waals surface area contributed by atoms with Crippen LogP contribution in [0.5, 0.6) is 0 Å². The van der Waals surface area contributed by atoms with Crippen LogP contribution in [0.3, 0.4) is 0 Å². The van der Waals surface area contributed by atoms with Crippen molar-refractivity contribution in [2.75, 3.05) is 0 Å². The van der Waals surface area contributed by atoms with Gasteiger partial charge in [-0.1, -0.05) is 0 Å². The fourth-order valence-electron chi connectivity index (χ4n) is 0. The van der Waals surface area contributed by atoms with Crippen LogP contribution in [-0.2, 0) is 39.3 Å². The summed E-state index contributed by atoms with van der Waals surface area (Å²) in [6, 6.07) is 0. The minimum Gasteiger partial charge on any atom is 1.00 e. The molecule has 0 aromatic carbocycles. The fourth-order valence-corrected chi connectivity index (χ4v) is 0. The second kappa shape index (κ2) is 20.6. The third-order valence-electron chi connectivity index (χ3n) is 0. The van der Waals surface area contributed by atoms with Gasteiger partial charge >= 0.3 is 109 Å². The fraction of sp³-hybridized carbons (Fsp3) is 0. The van der Waals surface area contributed by atoms with Crippen molar-refractivity contribution in [1.29, 1.82) is 0 Å². The quantitative estimate of drug-likeness (QED) is 0.232. The van der Waals surface area contributed by atoms with Crippen molar-refractivity contribution in [2.45, 2.75) is 0 Å². The first-order valence-corrected chi connectivity index (χ1v) is 31.2. The zero-order valence-corrected chi connectivity index (χ0v) is 21.7. The average Bonchev–Trinajstić information content (AvgIpc) is 1.50. The van der Waals surface area contributed by atoms with Gasteiger partial charge in [0.1, 0.15) is 0 Å². The molecule has 0 aromatic rings. The molecule has 0 spiro atoms. The van der Waals surface area contributed by atoms with E-state index in [2.05, 4.69) is 0 Å². The second-order valence-electron chi connectivity index (χ2n) is 1.04. The van der Waals surface area contributed by atoms with Gasteiger partial charge in [0.05, 0.1) is 22.7 Å². The van der Waals surface area contributed by atoms with Crippen molar-refractivity contribution in [3.63, 3.8) is 0 Å². The van der Waals surface area contributed by atoms with Gasteiger partial charge in [-0.05, 0) is 0 Å². The maximum Gasteiger partial charge on any atom is 1.00 e. The average molecular weight is 551 g/mol. The first-order chi connectivity index (χ1) is 5.46. The summed E-state index contributed by atoms with van der Waals surface area (Å²) in [5.74, 6) is 0. The minimum absolute atomic E-state index is 0. The van der Waals surface area contributed by atoms with E-state index in [1.54, 1.807) is 0 Å². The molecule has 0 heterocycles. The Morgan fingerprint density at radius 1 is 0.867 bits per heavy atom. The van der Waals surface area contributed by atoms with Gasteiger partial charge in [-0.2, -0.15) is 0 Å². The molecule has 0 radical (unpaired) electrons. The molecule has 15 heteroatoms. The van der Waals surface area contributed by atoms with Gasteiger partial charge in [-0.3, -0.25) is 0 Å². The number of halogens is 4. The summed E-state index contributed by atoms with van der Waals surface area (Å²) in [6.07, 6.45) is 0. The van der Waals surface area contributed by atoms with Crippen LogP contribution in [0.25, 0.3) is 0 Å². The summed E-state index contributed by atoms with van der Waals surface area (Å²) in [7, 11) is 20.2. The Balaban J connectivity index is -0.0000000315. The molecule has 0 fully saturated rings. The van der Waals surface area contributed by atoms with E-state index in [-0.39, 0.29) is 59.1 Å². The van der Waals surface area contributed by atoms with E-state index in [0.29, 0.717) is 0 Å². The van der Waals surface area contributed by atoms with E-state index in [4.69, 9.17) is 59.6 Å². The topological polar surface area (TPSA) is 121 Å². The van der Waals surface area contributed by atoms with E-state index in [0.717, 1.165) is 0 Å². The molecule has 0 bridgehead atoms. The minimum atomic E-state index is -3.50. The van der Waals surface area contributed by atoms with E-state index >= 15 is 0 Å². The molecule has 0 aliphatic rings. The molecule has 0 saturated carbocycles. The third kappa shape index (κ3) is 268. The summed E-state index contributed by atoms with van der Waals surface area (Å²) < 4.78 is 48.2. The van der Waals surface area contributed by atoms with Crippen LogP contribution in [0, 0.1) is 0 Å². The Hall–Kier alpha value is 4.24. The van der Waals surface area contributed by atoms with Gasteiger partial charge in [0.2, 0.25) is 0 Å².